The van der Waals surface area contributed by atoms with Crippen LogP contribution in [0, 0.1) is 13.8 Å². The van der Waals surface area contributed by atoms with Gasteiger partial charge in [-0.1, -0.05) is 6.07 Å². The number of rotatable bonds is 7. The number of aryl methyl sites for hydroxylation is 2. The minimum Gasteiger partial charge on any atom is -0.383 e. The molecule has 1 rings (SSSR count). The second-order valence-electron chi connectivity index (χ2n) is 4.60. The van der Waals surface area contributed by atoms with Crippen LogP contribution in [0.25, 0.3) is 0 Å². The van der Waals surface area contributed by atoms with Gasteiger partial charge in [0.25, 0.3) is 0 Å². The van der Waals surface area contributed by atoms with Crippen LogP contribution in [0.4, 0.5) is 0 Å². The van der Waals surface area contributed by atoms with E-state index in [9.17, 15) is 8.42 Å². The van der Waals surface area contributed by atoms with Crippen molar-refractivity contribution in [3.05, 3.63) is 29.3 Å². The van der Waals surface area contributed by atoms with Gasteiger partial charge < -0.3 is 10.5 Å². The minimum absolute atomic E-state index is 0.272. The van der Waals surface area contributed by atoms with Crippen molar-refractivity contribution in [3.63, 3.8) is 0 Å². The fourth-order valence-corrected chi connectivity index (χ4v) is 3.09. The van der Waals surface area contributed by atoms with Crippen molar-refractivity contribution in [3.8, 4) is 0 Å². The molecule has 108 valence electrons. The molecule has 0 aliphatic rings. The number of benzene rings is 1. The minimum atomic E-state index is -3.53. The van der Waals surface area contributed by atoms with Gasteiger partial charge in [0, 0.05) is 13.2 Å². The van der Waals surface area contributed by atoms with Crippen LogP contribution < -0.4 is 10.5 Å². The molecular formula is C13H22N2O3S. The molecule has 3 N–H and O–H groups in total. The standard InChI is InChI=1S/C13H22N2O3S/c1-10-4-5-13(8-11(10)2)19(16,17)15-12(6-7-14)9-18-3/h4-5,8,12,15H,6-7,9,14H2,1-3H3. The van der Waals surface area contributed by atoms with Crippen molar-refractivity contribution in [2.24, 2.45) is 5.73 Å². The summed E-state index contributed by atoms with van der Waals surface area (Å²) >= 11 is 0. The van der Waals surface area contributed by atoms with E-state index in [1.165, 1.54) is 7.11 Å². The van der Waals surface area contributed by atoms with Crippen molar-refractivity contribution >= 4 is 10.0 Å². The number of methoxy groups -OCH3 is 1. The molecule has 1 unspecified atom stereocenters. The molecule has 0 saturated heterocycles. The van der Waals surface area contributed by atoms with E-state index in [-0.39, 0.29) is 10.9 Å². The van der Waals surface area contributed by atoms with Crippen LogP contribution in [-0.4, -0.2) is 34.7 Å². The van der Waals surface area contributed by atoms with Crippen molar-refractivity contribution in [1.82, 2.24) is 4.72 Å². The summed E-state index contributed by atoms with van der Waals surface area (Å²) in [6.45, 7) is 4.55. The van der Waals surface area contributed by atoms with Gasteiger partial charge in [-0.3, -0.25) is 0 Å². The van der Waals surface area contributed by atoms with E-state index in [1.54, 1.807) is 18.2 Å². The number of nitrogens with one attached hydrogen (secondary N) is 1. The van der Waals surface area contributed by atoms with E-state index in [2.05, 4.69) is 4.72 Å². The maximum atomic E-state index is 12.2. The highest BCUT2D eigenvalue weighted by molar-refractivity contribution is 7.89. The Morgan fingerprint density at radius 2 is 2.00 bits per heavy atom. The normalized spacial score (nSPS) is 13.5. The lowest BCUT2D eigenvalue weighted by Crippen LogP contribution is -2.39. The maximum absolute atomic E-state index is 12.2. The molecule has 19 heavy (non-hydrogen) atoms. The zero-order valence-electron chi connectivity index (χ0n) is 11.6. The van der Waals surface area contributed by atoms with Gasteiger partial charge in [0.05, 0.1) is 11.5 Å². The summed E-state index contributed by atoms with van der Waals surface area (Å²) in [6, 6.07) is 4.78. The quantitative estimate of drug-likeness (QED) is 0.782. The second kappa shape index (κ2) is 7.00. The Morgan fingerprint density at radius 3 is 2.53 bits per heavy atom. The Bertz CT molecular complexity index is 509. The first-order chi connectivity index (χ1) is 8.90. The zero-order valence-corrected chi connectivity index (χ0v) is 12.5. The molecule has 0 radical (unpaired) electrons. The van der Waals surface area contributed by atoms with Crippen molar-refractivity contribution in [2.45, 2.75) is 31.2 Å². The lowest BCUT2D eigenvalue weighted by Gasteiger charge is -2.17. The fourth-order valence-electron chi connectivity index (χ4n) is 1.75. The first kappa shape index (κ1) is 16.1. The predicted molar refractivity (Wildman–Crippen MR) is 75.6 cm³/mol. The molecule has 5 nitrogen and oxygen atoms in total. The molecule has 1 aromatic rings. The lowest BCUT2D eigenvalue weighted by molar-refractivity contribution is 0.172. The summed E-state index contributed by atoms with van der Waals surface area (Å²) in [5, 5.41) is 0. The number of nitrogens with two attached hydrogens (primary N) is 1. The highest BCUT2D eigenvalue weighted by Crippen LogP contribution is 2.15. The second-order valence-corrected chi connectivity index (χ2v) is 6.31. The summed E-state index contributed by atoms with van der Waals surface area (Å²) in [4.78, 5) is 0.272. The van der Waals surface area contributed by atoms with Gasteiger partial charge in [0.15, 0.2) is 0 Å². The van der Waals surface area contributed by atoms with E-state index in [0.29, 0.717) is 19.6 Å². The van der Waals surface area contributed by atoms with Gasteiger partial charge in [0.1, 0.15) is 0 Å². The summed E-state index contributed by atoms with van der Waals surface area (Å²) in [7, 11) is -1.99. The first-order valence-electron chi connectivity index (χ1n) is 6.19. The molecule has 0 amide bonds. The third-order valence-corrected chi connectivity index (χ3v) is 4.51. The maximum Gasteiger partial charge on any atom is 0.240 e. The van der Waals surface area contributed by atoms with Gasteiger partial charge in [-0.15, -0.1) is 0 Å². The van der Waals surface area contributed by atoms with Crippen molar-refractivity contribution in [2.75, 3.05) is 20.3 Å². The molecule has 0 aliphatic heterocycles. The Kier molecular flexibility index (Phi) is 5.93. The van der Waals surface area contributed by atoms with E-state index < -0.39 is 10.0 Å². The molecule has 0 bridgehead atoms. The lowest BCUT2D eigenvalue weighted by atomic mass is 10.1. The zero-order chi connectivity index (χ0) is 14.5. The summed E-state index contributed by atoms with van der Waals surface area (Å²) < 4.78 is 32.1. The summed E-state index contributed by atoms with van der Waals surface area (Å²) in [5.41, 5.74) is 7.48. The van der Waals surface area contributed by atoms with Crippen LogP contribution in [0.5, 0.6) is 0 Å². The highest BCUT2D eigenvalue weighted by Gasteiger charge is 2.19. The average Bonchev–Trinajstić information content (AvgIpc) is 2.32. The van der Waals surface area contributed by atoms with Gasteiger partial charge in [-0.25, -0.2) is 13.1 Å². The first-order valence-corrected chi connectivity index (χ1v) is 7.67. The van der Waals surface area contributed by atoms with Gasteiger partial charge in [0.2, 0.25) is 10.0 Å². The molecule has 6 heteroatoms. The Labute approximate surface area is 115 Å². The molecule has 0 heterocycles. The topological polar surface area (TPSA) is 81.4 Å². The SMILES string of the molecule is COCC(CCN)NS(=O)(=O)c1ccc(C)c(C)c1. The average molecular weight is 286 g/mol. The number of hydrogen-bond acceptors (Lipinski definition) is 4. The summed E-state index contributed by atoms with van der Waals surface area (Å²) in [5.74, 6) is 0. The molecule has 1 aromatic carbocycles. The molecule has 0 aliphatic carbocycles. The van der Waals surface area contributed by atoms with Crippen LogP contribution in [0.2, 0.25) is 0 Å². The number of sulfonamides is 1. The van der Waals surface area contributed by atoms with Crippen LogP contribution in [0.3, 0.4) is 0 Å². The van der Waals surface area contributed by atoms with E-state index >= 15 is 0 Å². The molecule has 0 aromatic heterocycles. The van der Waals surface area contributed by atoms with Crippen LogP contribution in [-0.2, 0) is 14.8 Å². The van der Waals surface area contributed by atoms with Crippen molar-refractivity contribution in [1.29, 1.82) is 0 Å². The van der Waals surface area contributed by atoms with Gasteiger partial charge in [-0.2, -0.15) is 0 Å². The summed E-state index contributed by atoms with van der Waals surface area (Å²) in [6.07, 6.45) is 0.540. The number of ether oxygens (including phenoxy) is 1. The van der Waals surface area contributed by atoms with Crippen LogP contribution in [0.15, 0.2) is 23.1 Å². The smallest absolute Gasteiger partial charge is 0.240 e. The fraction of sp³-hybridized carbons (Fsp3) is 0.538. The third-order valence-electron chi connectivity index (χ3n) is 2.99. The predicted octanol–water partition coefficient (Wildman–Crippen LogP) is 0.946. The highest BCUT2D eigenvalue weighted by atomic mass is 32.2. The van der Waals surface area contributed by atoms with Gasteiger partial charge >= 0.3 is 0 Å². The monoisotopic (exact) mass is 286 g/mol. The molecule has 0 saturated carbocycles. The number of hydrogen-bond donors (Lipinski definition) is 2. The Morgan fingerprint density at radius 1 is 1.32 bits per heavy atom. The molecule has 1 atom stereocenters. The molecular weight excluding hydrogens is 264 g/mol. The van der Waals surface area contributed by atoms with Crippen molar-refractivity contribution < 1.29 is 13.2 Å². The Hall–Kier alpha value is -0.950. The largest absolute Gasteiger partial charge is 0.383 e. The molecule has 0 spiro atoms. The van der Waals surface area contributed by atoms with Crippen LogP contribution in [0.1, 0.15) is 17.5 Å². The van der Waals surface area contributed by atoms with Gasteiger partial charge in [-0.05, 0) is 50.1 Å². The Balaban J connectivity index is 2.92. The third kappa shape index (κ3) is 4.58. The van der Waals surface area contributed by atoms with Crippen LogP contribution >= 0.6 is 0 Å². The van der Waals surface area contributed by atoms with E-state index in [4.69, 9.17) is 10.5 Å². The van der Waals surface area contributed by atoms with E-state index in [0.717, 1.165) is 11.1 Å². The van der Waals surface area contributed by atoms with E-state index in [1.807, 2.05) is 13.8 Å². The molecule has 0 fully saturated rings.